The van der Waals surface area contributed by atoms with E-state index in [1.54, 1.807) is 0 Å². The summed E-state index contributed by atoms with van der Waals surface area (Å²) in [6.07, 6.45) is 2.87. The van der Waals surface area contributed by atoms with Gasteiger partial charge >= 0.3 is 0 Å². The van der Waals surface area contributed by atoms with Gasteiger partial charge in [-0.05, 0) is 18.8 Å². The van der Waals surface area contributed by atoms with Crippen LogP contribution in [0.1, 0.15) is 50.1 Å². The first kappa shape index (κ1) is 12.7. The van der Waals surface area contributed by atoms with E-state index in [4.69, 9.17) is 0 Å². The second-order valence-corrected chi connectivity index (χ2v) is 4.25. The van der Waals surface area contributed by atoms with E-state index in [-0.39, 0.29) is 11.7 Å². The van der Waals surface area contributed by atoms with Crippen LogP contribution in [0.2, 0.25) is 0 Å². The summed E-state index contributed by atoms with van der Waals surface area (Å²) < 4.78 is 0. The van der Waals surface area contributed by atoms with Crippen molar-refractivity contribution in [1.29, 1.82) is 0 Å². The summed E-state index contributed by atoms with van der Waals surface area (Å²) in [5.41, 5.74) is 0. The minimum absolute atomic E-state index is 0.195. The lowest BCUT2D eigenvalue weighted by molar-refractivity contribution is 0.0942. The van der Waals surface area contributed by atoms with Crippen LogP contribution in [-0.2, 0) is 6.42 Å². The highest BCUT2D eigenvalue weighted by molar-refractivity contribution is 5.90. The fraction of sp³-hybridized carbons (Fsp3) is 0.727. The van der Waals surface area contributed by atoms with Crippen LogP contribution in [0.25, 0.3) is 0 Å². The molecule has 1 aromatic heterocycles. The van der Waals surface area contributed by atoms with Crippen molar-refractivity contribution >= 4 is 5.91 Å². The SMILES string of the molecule is CCc1nc(C(=O)NCCCC(C)C)n[nH]1. The number of carbonyl (C=O) groups is 1. The Balaban J connectivity index is 2.29. The van der Waals surface area contributed by atoms with Gasteiger partial charge in [0.1, 0.15) is 5.82 Å². The molecule has 16 heavy (non-hydrogen) atoms. The second kappa shape index (κ2) is 6.25. The average molecular weight is 224 g/mol. The van der Waals surface area contributed by atoms with Crippen molar-refractivity contribution in [2.45, 2.75) is 40.0 Å². The molecule has 0 bridgehead atoms. The summed E-state index contributed by atoms with van der Waals surface area (Å²) >= 11 is 0. The first-order valence-electron chi connectivity index (χ1n) is 5.83. The van der Waals surface area contributed by atoms with Crippen LogP contribution in [0.3, 0.4) is 0 Å². The molecule has 0 atom stereocenters. The molecule has 5 nitrogen and oxygen atoms in total. The maximum Gasteiger partial charge on any atom is 0.290 e. The zero-order valence-corrected chi connectivity index (χ0v) is 10.2. The number of hydrogen-bond acceptors (Lipinski definition) is 3. The Labute approximate surface area is 96.0 Å². The first-order valence-corrected chi connectivity index (χ1v) is 5.83. The van der Waals surface area contributed by atoms with E-state index in [2.05, 4.69) is 34.3 Å². The summed E-state index contributed by atoms with van der Waals surface area (Å²) in [5.74, 6) is 1.46. The van der Waals surface area contributed by atoms with Crippen LogP contribution in [0.15, 0.2) is 0 Å². The summed E-state index contributed by atoms with van der Waals surface area (Å²) in [4.78, 5) is 15.6. The topological polar surface area (TPSA) is 70.7 Å². The molecule has 0 spiro atoms. The standard InChI is InChI=1S/C11H20N4O/c1-4-9-13-10(15-14-9)11(16)12-7-5-6-8(2)3/h8H,4-7H2,1-3H3,(H,12,16)(H,13,14,15). The Bertz CT molecular complexity index is 332. The van der Waals surface area contributed by atoms with Gasteiger partial charge in [0, 0.05) is 13.0 Å². The fourth-order valence-electron chi connectivity index (χ4n) is 1.35. The molecule has 0 aliphatic heterocycles. The summed E-state index contributed by atoms with van der Waals surface area (Å²) in [6.45, 7) is 6.99. The number of aromatic nitrogens is 3. The summed E-state index contributed by atoms with van der Waals surface area (Å²) in [5, 5.41) is 9.38. The molecule has 0 fully saturated rings. The van der Waals surface area contributed by atoms with Crippen LogP contribution in [0.4, 0.5) is 0 Å². The predicted octanol–water partition coefficient (Wildman–Crippen LogP) is 1.53. The van der Waals surface area contributed by atoms with Gasteiger partial charge < -0.3 is 5.32 Å². The minimum atomic E-state index is -0.195. The predicted molar refractivity (Wildman–Crippen MR) is 62.2 cm³/mol. The second-order valence-electron chi connectivity index (χ2n) is 4.25. The molecule has 0 aromatic carbocycles. The maximum absolute atomic E-state index is 11.6. The van der Waals surface area contributed by atoms with Gasteiger partial charge in [-0.1, -0.05) is 20.8 Å². The van der Waals surface area contributed by atoms with Gasteiger partial charge in [0.2, 0.25) is 5.82 Å². The molecular formula is C11H20N4O. The van der Waals surface area contributed by atoms with E-state index in [1.807, 2.05) is 6.92 Å². The van der Waals surface area contributed by atoms with Crippen molar-refractivity contribution in [2.75, 3.05) is 6.54 Å². The molecule has 0 unspecified atom stereocenters. The Hall–Kier alpha value is -1.39. The van der Waals surface area contributed by atoms with Gasteiger partial charge in [-0.25, -0.2) is 4.98 Å². The molecule has 2 N–H and O–H groups in total. The summed E-state index contributed by atoms with van der Waals surface area (Å²) in [7, 11) is 0. The van der Waals surface area contributed by atoms with Crippen molar-refractivity contribution in [1.82, 2.24) is 20.5 Å². The largest absolute Gasteiger partial charge is 0.349 e. The normalized spacial score (nSPS) is 10.8. The molecule has 0 aliphatic carbocycles. The molecule has 5 heteroatoms. The number of aryl methyl sites for hydroxylation is 1. The van der Waals surface area contributed by atoms with Gasteiger partial charge in [-0.15, -0.1) is 5.10 Å². The molecule has 0 aliphatic rings. The molecular weight excluding hydrogens is 204 g/mol. The van der Waals surface area contributed by atoms with Crippen molar-refractivity contribution in [2.24, 2.45) is 5.92 Å². The van der Waals surface area contributed by atoms with Crippen molar-refractivity contribution in [3.05, 3.63) is 11.6 Å². The third-order valence-electron chi connectivity index (χ3n) is 2.31. The number of amides is 1. The summed E-state index contributed by atoms with van der Waals surface area (Å²) in [6, 6.07) is 0. The van der Waals surface area contributed by atoms with E-state index < -0.39 is 0 Å². The van der Waals surface area contributed by atoms with E-state index in [0.717, 1.165) is 25.1 Å². The van der Waals surface area contributed by atoms with Crippen molar-refractivity contribution in [3.8, 4) is 0 Å². The zero-order valence-electron chi connectivity index (χ0n) is 10.2. The molecule has 0 saturated carbocycles. The van der Waals surface area contributed by atoms with Crippen molar-refractivity contribution < 1.29 is 4.79 Å². The lowest BCUT2D eigenvalue weighted by Crippen LogP contribution is -2.25. The molecule has 90 valence electrons. The van der Waals surface area contributed by atoms with Gasteiger partial charge in [0.05, 0.1) is 0 Å². The van der Waals surface area contributed by atoms with Gasteiger partial charge in [-0.3, -0.25) is 9.89 Å². The van der Waals surface area contributed by atoms with Crippen LogP contribution in [-0.4, -0.2) is 27.6 Å². The van der Waals surface area contributed by atoms with E-state index in [1.165, 1.54) is 0 Å². The Morgan fingerprint density at radius 2 is 2.25 bits per heavy atom. The Kier molecular flexibility index (Phi) is 4.95. The minimum Gasteiger partial charge on any atom is -0.349 e. The lowest BCUT2D eigenvalue weighted by Gasteiger charge is -2.04. The van der Waals surface area contributed by atoms with E-state index >= 15 is 0 Å². The van der Waals surface area contributed by atoms with Crippen LogP contribution >= 0.6 is 0 Å². The molecule has 1 rings (SSSR count). The van der Waals surface area contributed by atoms with Gasteiger partial charge in [0.25, 0.3) is 5.91 Å². The lowest BCUT2D eigenvalue weighted by atomic mass is 10.1. The quantitative estimate of drug-likeness (QED) is 0.720. The highest BCUT2D eigenvalue weighted by Crippen LogP contribution is 2.02. The maximum atomic E-state index is 11.6. The monoisotopic (exact) mass is 224 g/mol. The highest BCUT2D eigenvalue weighted by Gasteiger charge is 2.10. The number of nitrogens with zero attached hydrogens (tertiary/aromatic N) is 2. The van der Waals surface area contributed by atoms with Crippen LogP contribution < -0.4 is 5.32 Å². The number of aromatic amines is 1. The number of nitrogens with one attached hydrogen (secondary N) is 2. The smallest absolute Gasteiger partial charge is 0.290 e. The van der Waals surface area contributed by atoms with E-state index in [0.29, 0.717) is 12.5 Å². The fourth-order valence-corrected chi connectivity index (χ4v) is 1.35. The van der Waals surface area contributed by atoms with Crippen molar-refractivity contribution in [3.63, 3.8) is 0 Å². The first-order chi connectivity index (χ1) is 7.63. The highest BCUT2D eigenvalue weighted by atomic mass is 16.2. The van der Waals surface area contributed by atoms with E-state index in [9.17, 15) is 4.79 Å². The van der Waals surface area contributed by atoms with Gasteiger partial charge in [-0.2, -0.15) is 0 Å². The molecule has 0 saturated heterocycles. The molecule has 1 heterocycles. The number of carbonyl (C=O) groups excluding carboxylic acids is 1. The third kappa shape index (κ3) is 4.00. The number of rotatable bonds is 6. The molecule has 0 radical (unpaired) electrons. The number of hydrogen-bond donors (Lipinski definition) is 2. The average Bonchev–Trinajstić information content (AvgIpc) is 2.72. The Morgan fingerprint density at radius 3 is 2.81 bits per heavy atom. The number of H-pyrrole nitrogens is 1. The molecule has 1 aromatic rings. The van der Waals surface area contributed by atoms with Gasteiger partial charge in [0.15, 0.2) is 0 Å². The van der Waals surface area contributed by atoms with Crippen LogP contribution in [0, 0.1) is 5.92 Å². The molecule has 1 amide bonds. The van der Waals surface area contributed by atoms with Crippen LogP contribution in [0.5, 0.6) is 0 Å². The Morgan fingerprint density at radius 1 is 1.50 bits per heavy atom. The third-order valence-corrected chi connectivity index (χ3v) is 2.31. The zero-order chi connectivity index (χ0) is 12.0.